The van der Waals surface area contributed by atoms with Crippen LogP contribution in [-0.2, 0) is 0 Å². The first-order valence-electron chi connectivity index (χ1n) is 12.5. The Kier molecular flexibility index (Phi) is 7.98. The van der Waals surface area contributed by atoms with Gasteiger partial charge in [-0.3, -0.25) is 4.79 Å². The molecule has 5 aromatic rings. The monoisotopic (exact) mass is 532 g/mol. The fraction of sp³-hybridized carbons (Fsp3) is 0.0588. The minimum atomic E-state index is -2.68. The fourth-order valence-corrected chi connectivity index (χ4v) is 10.2. The minimum Gasteiger partial charge on any atom is -0.496 e. The number of rotatable bonds is 8. The molecule has 0 aliphatic rings. The van der Waals surface area contributed by atoms with E-state index in [2.05, 4.69) is 91.2 Å². The number of ether oxygens (including phenoxy) is 1. The van der Waals surface area contributed by atoms with Gasteiger partial charge >= 0.3 is 0 Å². The zero-order valence-electron chi connectivity index (χ0n) is 21.5. The summed E-state index contributed by atoms with van der Waals surface area (Å²) in [6.45, 7) is -2.68. The van der Waals surface area contributed by atoms with E-state index in [0.717, 1.165) is 31.7 Å². The van der Waals surface area contributed by atoms with Crippen LogP contribution in [0.4, 0.5) is 0 Å². The van der Waals surface area contributed by atoms with Gasteiger partial charge in [0.25, 0.3) is 0 Å². The van der Waals surface area contributed by atoms with Crippen molar-refractivity contribution < 1.29 is 9.53 Å². The summed E-state index contributed by atoms with van der Waals surface area (Å²) < 4.78 is 5.71. The molecule has 0 amide bonds. The molecule has 0 unspecified atom stereocenters. The lowest BCUT2D eigenvalue weighted by Crippen LogP contribution is -2.34. The van der Waals surface area contributed by atoms with Crippen LogP contribution in [0.5, 0.6) is 5.75 Å². The van der Waals surface area contributed by atoms with E-state index in [1.54, 1.807) is 18.9 Å². The normalized spacial score (nSPS) is 11.1. The Morgan fingerprint density at radius 1 is 0.579 bits per heavy atom. The highest BCUT2D eigenvalue weighted by Gasteiger charge is 2.35. The smallest absolute Gasteiger partial charge is 0.198 e. The zero-order chi connectivity index (χ0) is 26.4. The van der Waals surface area contributed by atoms with Crippen molar-refractivity contribution in [2.75, 3.05) is 13.4 Å². The molecule has 0 aromatic heterocycles. The quantitative estimate of drug-likeness (QED) is 0.125. The number of carbonyl (C=O) groups is 1. The van der Waals surface area contributed by atoms with Crippen molar-refractivity contribution in [3.63, 3.8) is 0 Å². The number of carbonyl (C=O) groups excluding carboxylic acids is 1. The Hall–Kier alpha value is -3.78. The van der Waals surface area contributed by atoms with Gasteiger partial charge in [0.05, 0.1) is 12.7 Å². The summed E-state index contributed by atoms with van der Waals surface area (Å²) in [4.78, 5) is 16.1. The molecule has 38 heavy (non-hydrogen) atoms. The summed E-state index contributed by atoms with van der Waals surface area (Å²) in [5.74, 6) is 0.553. The maximum absolute atomic E-state index is 15.1. The second-order valence-corrected chi connectivity index (χ2v) is 12.9. The number of hydrogen-bond acceptors (Lipinski definition) is 3. The van der Waals surface area contributed by atoms with Crippen molar-refractivity contribution in [3.8, 4) is 5.75 Å². The number of benzene rings is 5. The Morgan fingerprint density at radius 2 is 1.00 bits per heavy atom. The third kappa shape index (κ3) is 4.65. The van der Waals surface area contributed by atoms with E-state index in [4.69, 9.17) is 4.74 Å². The molecule has 0 N–H and O–H groups in total. The summed E-state index contributed by atoms with van der Waals surface area (Å²) in [5.41, 5.74) is 1.52. The largest absolute Gasteiger partial charge is 0.496 e. The molecule has 0 radical (unpaired) electrons. The van der Waals surface area contributed by atoms with Crippen LogP contribution in [-0.4, -0.2) is 24.4 Å². The van der Waals surface area contributed by atoms with Crippen molar-refractivity contribution in [1.82, 2.24) is 0 Å². The molecule has 0 heterocycles. The van der Waals surface area contributed by atoms with Crippen molar-refractivity contribution in [1.29, 1.82) is 0 Å². The molecular formula is C34H29O2PS. The molecule has 0 atom stereocenters. The highest BCUT2D eigenvalue weighted by Crippen LogP contribution is 2.49. The van der Waals surface area contributed by atoms with Gasteiger partial charge in [-0.2, -0.15) is 0 Å². The Balaban J connectivity index is 2.09. The standard InChI is InChI=1S/C34H29O2PS/c1-36-31-24-14-12-22-29(31)33(35)34(30-23-13-15-25-32(30)38-2)37(26-16-6-3-7-17-26,27-18-8-4-9-19-27)28-20-10-5-11-21-28/h3-25H,1-2H3. The van der Waals surface area contributed by atoms with Gasteiger partial charge in [-0.1, -0.05) is 121 Å². The molecule has 188 valence electrons. The number of hydrogen-bond donors (Lipinski definition) is 0. The SMILES string of the molecule is COc1ccccc1C(=O)C(c1ccccc1SC)=P(c1ccccc1)(c1ccccc1)c1ccccc1. The van der Waals surface area contributed by atoms with Crippen LogP contribution in [0.15, 0.2) is 144 Å². The molecule has 0 fully saturated rings. The van der Waals surface area contributed by atoms with E-state index >= 15 is 4.79 Å². The molecule has 5 aromatic carbocycles. The number of ketones is 1. The second kappa shape index (κ2) is 11.7. The molecule has 0 aliphatic carbocycles. The average Bonchev–Trinajstić information content (AvgIpc) is 3.01. The van der Waals surface area contributed by atoms with E-state index in [1.807, 2.05) is 54.6 Å². The number of methoxy groups -OCH3 is 1. The first-order valence-corrected chi connectivity index (χ1v) is 15.5. The summed E-state index contributed by atoms with van der Waals surface area (Å²) in [6.07, 6.45) is 2.07. The summed E-state index contributed by atoms with van der Waals surface area (Å²) >= 11 is 1.66. The molecule has 0 aliphatic heterocycles. The molecule has 0 spiro atoms. The molecule has 0 saturated carbocycles. The predicted octanol–water partition coefficient (Wildman–Crippen LogP) is 6.81. The maximum atomic E-state index is 15.1. The van der Waals surface area contributed by atoms with Gasteiger partial charge in [-0.25, -0.2) is 0 Å². The Morgan fingerprint density at radius 3 is 1.47 bits per heavy atom. The fourth-order valence-electron chi connectivity index (χ4n) is 5.04. The highest BCUT2D eigenvalue weighted by molar-refractivity contribution is 7.99. The van der Waals surface area contributed by atoms with Crippen LogP contribution in [0, 0.1) is 0 Å². The van der Waals surface area contributed by atoms with Crippen LogP contribution in [0.2, 0.25) is 0 Å². The molecular weight excluding hydrogens is 503 g/mol. The van der Waals surface area contributed by atoms with E-state index in [9.17, 15) is 0 Å². The maximum Gasteiger partial charge on any atom is 0.198 e. The van der Waals surface area contributed by atoms with Gasteiger partial charge in [0, 0.05) is 15.8 Å². The lowest BCUT2D eigenvalue weighted by molar-refractivity contribution is 0.106. The van der Waals surface area contributed by atoms with Gasteiger partial charge in [0.15, 0.2) is 5.78 Å². The van der Waals surface area contributed by atoms with E-state index in [-0.39, 0.29) is 5.78 Å². The Bertz CT molecular complexity index is 1490. The molecule has 0 saturated heterocycles. The third-order valence-electron chi connectivity index (χ3n) is 6.69. The minimum absolute atomic E-state index is 0.0196. The van der Waals surface area contributed by atoms with Crippen LogP contribution >= 0.6 is 18.6 Å². The van der Waals surface area contributed by atoms with Crippen LogP contribution in [0.1, 0.15) is 15.9 Å². The summed E-state index contributed by atoms with van der Waals surface area (Å²) in [7, 11) is 1.62. The molecule has 5 rings (SSSR count). The summed E-state index contributed by atoms with van der Waals surface area (Å²) in [5, 5.41) is 4.19. The number of Topliss-reactive ketones (excluding diaryl/α,β-unsaturated/α-hetero) is 1. The van der Waals surface area contributed by atoms with Crippen molar-refractivity contribution >= 4 is 45.6 Å². The van der Waals surface area contributed by atoms with Crippen LogP contribution in [0.3, 0.4) is 0 Å². The zero-order valence-corrected chi connectivity index (χ0v) is 23.2. The number of thioether (sulfide) groups is 1. The van der Waals surface area contributed by atoms with Crippen molar-refractivity contribution in [2.24, 2.45) is 0 Å². The molecule has 4 heteroatoms. The van der Waals surface area contributed by atoms with Gasteiger partial charge in [-0.15, -0.1) is 11.8 Å². The second-order valence-electron chi connectivity index (χ2n) is 8.76. The lowest BCUT2D eigenvalue weighted by atomic mass is 10.0. The van der Waals surface area contributed by atoms with Gasteiger partial charge in [-0.05, 0) is 47.3 Å². The van der Waals surface area contributed by atoms with Gasteiger partial charge in [0.2, 0.25) is 0 Å². The lowest BCUT2D eigenvalue weighted by Gasteiger charge is -2.33. The summed E-state index contributed by atoms with van der Waals surface area (Å²) in [6, 6.07) is 47.4. The average molecular weight is 533 g/mol. The first-order chi connectivity index (χ1) is 18.7. The van der Waals surface area contributed by atoms with Crippen LogP contribution in [0.25, 0.3) is 0 Å². The van der Waals surface area contributed by atoms with E-state index < -0.39 is 6.89 Å². The van der Waals surface area contributed by atoms with E-state index in [0.29, 0.717) is 11.3 Å². The molecule has 2 nitrogen and oxygen atoms in total. The van der Waals surface area contributed by atoms with Gasteiger partial charge < -0.3 is 4.74 Å². The van der Waals surface area contributed by atoms with Crippen molar-refractivity contribution in [2.45, 2.75) is 4.90 Å². The topological polar surface area (TPSA) is 26.3 Å². The predicted molar refractivity (Wildman–Crippen MR) is 165 cm³/mol. The van der Waals surface area contributed by atoms with Crippen LogP contribution < -0.4 is 20.7 Å². The van der Waals surface area contributed by atoms with Gasteiger partial charge in [0.1, 0.15) is 5.75 Å². The highest BCUT2D eigenvalue weighted by atomic mass is 32.2. The Labute approximate surface area is 229 Å². The first kappa shape index (κ1) is 25.9. The van der Waals surface area contributed by atoms with E-state index in [1.165, 1.54) is 0 Å². The number of para-hydroxylation sites is 1. The molecule has 0 bridgehead atoms. The van der Waals surface area contributed by atoms with Crippen molar-refractivity contribution in [3.05, 3.63) is 151 Å². The third-order valence-corrected chi connectivity index (χ3v) is 11.8.